The van der Waals surface area contributed by atoms with Crippen LogP contribution in [0.25, 0.3) is 10.2 Å². The van der Waals surface area contributed by atoms with Crippen molar-refractivity contribution in [3.05, 3.63) is 57.6 Å². The van der Waals surface area contributed by atoms with Gasteiger partial charge < -0.3 is 0 Å². The number of carbonyl (C=O) groups is 1. The molecule has 3 nitrogen and oxygen atoms in total. The molecule has 0 bridgehead atoms. The fourth-order valence-electron chi connectivity index (χ4n) is 1.87. The van der Waals surface area contributed by atoms with Gasteiger partial charge in [0.25, 0.3) is 5.91 Å². The molecule has 0 radical (unpaired) electrons. The zero-order valence-electron chi connectivity index (χ0n) is 11.0. The first kappa shape index (κ1) is 14.3. The van der Waals surface area contributed by atoms with Gasteiger partial charge in [-0.3, -0.25) is 10.1 Å². The highest BCUT2D eigenvalue weighted by Crippen LogP contribution is 2.36. The number of fused-ring (bicyclic) bond motifs is 1. The van der Waals surface area contributed by atoms with Crippen molar-refractivity contribution < 1.29 is 4.79 Å². The summed E-state index contributed by atoms with van der Waals surface area (Å²) in [7, 11) is 0. The first-order valence-corrected chi connectivity index (χ1v) is 7.74. The number of aromatic nitrogens is 1. The summed E-state index contributed by atoms with van der Waals surface area (Å²) in [6, 6.07) is 10.7. The van der Waals surface area contributed by atoms with Crippen LogP contribution in [0, 0.1) is 6.92 Å². The molecule has 0 spiro atoms. The van der Waals surface area contributed by atoms with Gasteiger partial charge in [0.2, 0.25) is 0 Å². The van der Waals surface area contributed by atoms with E-state index in [0.717, 1.165) is 10.3 Å². The lowest BCUT2D eigenvalue weighted by molar-refractivity contribution is 0.102. The molecule has 0 saturated carbocycles. The monoisotopic (exact) mass is 336 g/mol. The summed E-state index contributed by atoms with van der Waals surface area (Å²) in [5.74, 6) is -0.207. The Morgan fingerprint density at radius 1 is 1.10 bits per heavy atom. The lowest BCUT2D eigenvalue weighted by Crippen LogP contribution is -2.11. The van der Waals surface area contributed by atoms with E-state index in [2.05, 4.69) is 10.3 Å². The van der Waals surface area contributed by atoms with Crippen LogP contribution in [-0.2, 0) is 0 Å². The Bertz CT molecular complexity index is 789. The van der Waals surface area contributed by atoms with Crippen LogP contribution in [0.3, 0.4) is 0 Å². The zero-order chi connectivity index (χ0) is 15.0. The molecule has 6 heteroatoms. The van der Waals surface area contributed by atoms with Crippen molar-refractivity contribution in [1.29, 1.82) is 0 Å². The normalized spacial score (nSPS) is 10.8. The summed E-state index contributed by atoms with van der Waals surface area (Å²) < 4.78 is 0.767. The molecule has 2 aromatic carbocycles. The number of halogens is 2. The first-order valence-electron chi connectivity index (χ1n) is 6.17. The molecule has 1 amide bonds. The SMILES string of the molecule is Cc1ccc(C(=O)Nc2nc3c(Cl)ccc(Cl)c3s2)cc1. The molecule has 3 rings (SSSR count). The second kappa shape index (κ2) is 5.64. The number of aryl methyl sites for hydroxylation is 1. The Hall–Kier alpha value is -1.62. The van der Waals surface area contributed by atoms with Crippen LogP contribution >= 0.6 is 34.5 Å². The van der Waals surface area contributed by atoms with Crippen molar-refractivity contribution >= 4 is 55.8 Å². The highest BCUT2D eigenvalue weighted by atomic mass is 35.5. The average molecular weight is 337 g/mol. The van der Waals surface area contributed by atoms with E-state index < -0.39 is 0 Å². The van der Waals surface area contributed by atoms with Gasteiger partial charge in [-0.15, -0.1) is 0 Å². The number of hydrogen-bond donors (Lipinski definition) is 1. The minimum atomic E-state index is -0.207. The molecular weight excluding hydrogens is 327 g/mol. The minimum absolute atomic E-state index is 0.207. The van der Waals surface area contributed by atoms with Gasteiger partial charge in [0.15, 0.2) is 5.13 Å². The summed E-state index contributed by atoms with van der Waals surface area (Å²) in [6.45, 7) is 1.97. The van der Waals surface area contributed by atoms with Crippen molar-refractivity contribution in [2.45, 2.75) is 6.92 Å². The third kappa shape index (κ3) is 2.88. The molecule has 0 aliphatic heterocycles. The molecule has 0 saturated heterocycles. The number of carbonyl (C=O) groups excluding carboxylic acids is 1. The maximum atomic E-state index is 12.2. The van der Waals surface area contributed by atoms with E-state index in [4.69, 9.17) is 23.2 Å². The van der Waals surface area contributed by atoms with E-state index in [1.54, 1.807) is 24.3 Å². The smallest absolute Gasteiger partial charge is 0.257 e. The Labute approximate surface area is 135 Å². The summed E-state index contributed by atoms with van der Waals surface area (Å²) in [5.41, 5.74) is 2.29. The van der Waals surface area contributed by atoms with Gasteiger partial charge in [-0.2, -0.15) is 0 Å². The molecule has 3 aromatic rings. The van der Waals surface area contributed by atoms with Gasteiger partial charge in [0.05, 0.1) is 14.7 Å². The van der Waals surface area contributed by atoms with Gasteiger partial charge in [-0.1, -0.05) is 52.2 Å². The van der Waals surface area contributed by atoms with Crippen LogP contribution in [0.5, 0.6) is 0 Å². The Balaban J connectivity index is 1.91. The van der Waals surface area contributed by atoms with Crippen molar-refractivity contribution in [2.75, 3.05) is 5.32 Å². The van der Waals surface area contributed by atoms with Gasteiger partial charge in [-0.25, -0.2) is 4.98 Å². The summed E-state index contributed by atoms with van der Waals surface area (Å²) >= 11 is 13.5. The predicted octanol–water partition coefficient (Wildman–Crippen LogP) is 5.16. The second-order valence-corrected chi connectivity index (χ2v) is 6.36. The highest BCUT2D eigenvalue weighted by molar-refractivity contribution is 7.23. The molecule has 0 aliphatic carbocycles. The standard InChI is InChI=1S/C15H10Cl2N2OS/c1-8-2-4-9(5-3-8)14(20)19-15-18-12-10(16)6-7-11(17)13(12)21-15/h2-7H,1H3,(H,18,19,20). The van der Waals surface area contributed by atoms with E-state index in [0.29, 0.717) is 26.3 Å². The van der Waals surface area contributed by atoms with E-state index in [-0.39, 0.29) is 5.91 Å². The quantitative estimate of drug-likeness (QED) is 0.701. The second-order valence-electron chi connectivity index (χ2n) is 4.55. The van der Waals surface area contributed by atoms with Crippen LogP contribution in [0.15, 0.2) is 36.4 Å². The third-order valence-corrected chi connectivity index (χ3v) is 4.72. The number of rotatable bonds is 2. The number of nitrogens with one attached hydrogen (secondary N) is 1. The number of amides is 1. The maximum Gasteiger partial charge on any atom is 0.257 e. The van der Waals surface area contributed by atoms with E-state index in [1.165, 1.54) is 11.3 Å². The predicted molar refractivity (Wildman–Crippen MR) is 88.8 cm³/mol. The summed E-state index contributed by atoms with van der Waals surface area (Å²) in [4.78, 5) is 16.5. The lowest BCUT2D eigenvalue weighted by Gasteiger charge is -2.01. The van der Waals surface area contributed by atoms with E-state index in [9.17, 15) is 4.79 Å². The van der Waals surface area contributed by atoms with Crippen molar-refractivity contribution in [3.63, 3.8) is 0 Å². The zero-order valence-corrected chi connectivity index (χ0v) is 13.3. The van der Waals surface area contributed by atoms with Crippen molar-refractivity contribution in [1.82, 2.24) is 4.98 Å². The fraction of sp³-hybridized carbons (Fsp3) is 0.0667. The topological polar surface area (TPSA) is 42.0 Å². The largest absolute Gasteiger partial charge is 0.298 e. The van der Waals surface area contributed by atoms with Crippen molar-refractivity contribution in [2.24, 2.45) is 0 Å². The average Bonchev–Trinajstić information content (AvgIpc) is 2.89. The summed E-state index contributed by atoms with van der Waals surface area (Å²) in [5, 5.41) is 4.34. The Morgan fingerprint density at radius 3 is 2.43 bits per heavy atom. The molecule has 0 unspecified atom stereocenters. The lowest BCUT2D eigenvalue weighted by atomic mass is 10.1. The number of hydrogen-bond acceptors (Lipinski definition) is 3. The molecule has 106 valence electrons. The van der Waals surface area contributed by atoms with Crippen LogP contribution in [0.2, 0.25) is 10.0 Å². The molecular formula is C15H10Cl2N2OS. The molecule has 1 N–H and O–H groups in total. The summed E-state index contributed by atoms with van der Waals surface area (Å²) in [6.07, 6.45) is 0. The van der Waals surface area contributed by atoms with Gasteiger partial charge >= 0.3 is 0 Å². The first-order chi connectivity index (χ1) is 10.0. The Kier molecular flexibility index (Phi) is 3.85. The van der Waals surface area contributed by atoms with Gasteiger partial charge in [0, 0.05) is 5.56 Å². The molecule has 21 heavy (non-hydrogen) atoms. The highest BCUT2D eigenvalue weighted by Gasteiger charge is 2.13. The number of anilines is 1. The third-order valence-electron chi connectivity index (χ3n) is 2.98. The Morgan fingerprint density at radius 2 is 1.76 bits per heavy atom. The molecule has 0 atom stereocenters. The van der Waals surface area contributed by atoms with Gasteiger partial charge in [0.1, 0.15) is 5.52 Å². The van der Waals surface area contributed by atoms with Crippen LogP contribution < -0.4 is 5.32 Å². The van der Waals surface area contributed by atoms with Crippen LogP contribution in [0.1, 0.15) is 15.9 Å². The fourth-order valence-corrected chi connectivity index (χ4v) is 3.29. The van der Waals surface area contributed by atoms with E-state index in [1.807, 2.05) is 19.1 Å². The maximum absolute atomic E-state index is 12.2. The molecule has 1 heterocycles. The van der Waals surface area contributed by atoms with Crippen LogP contribution in [0.4, 0.5) is 5.13 Å². The van der Waals surface area contributed by atoms with E-state index >= 15 is 0 Å². The molecule has 0 aliphatic rings. The number of thiazole rings is 1. The minimum Gasteiger partial charge on any atom is -0.298 e. The molecule has 1 aromatic heterocycles. The van der Waals surface area contributed by atoms with Gasteiger partial charge in [-0.05, 0) is 31.2 Å². The van der Waals surface area contributed by atoms with Crippen molar-refractivity contribution in [3.8, 4) is 0 Å². The number of benzene rings is 2. The van der Waals surface area contributed by atoms with Crippen LogP contribution in [-0.4, -0.2) is 10.9 Å². The molecule has 0 fully saturated rings. The number of nitrogens with zero attached hydrogens (tertiary/aromatic N) is 1.